The van der Waals surface area contributed by atoms with Gasteiger partial charge in [0.1, 0.15) is 9.39 Å². The molecular formula is C12H9Cl2IN2O2. The van der Waals surface area contributed by atoms with Crippen LogP contribution in [-0.4, -0.2) is 17.1 Å². The highest BCUT2D eigenvalue weighted by Gasteiger charge is 2.12. The van der Waals surface area contributed by atoms with Crippen LogP contribution in [0.4, 0.5) is 0 Å². The van der Waals surface area contributed by atoms with Gasteiger partial charge >= 0.3 is 0 Å². The van der Waals surface area contributed by atoms with E-state index >= 15 is 0 Å². The number of halogens is 3. The third-order valence-corrected chi connectivity index (χ3v) is 4.07. The molecule has 1 heterocycles. The third kappa shape index (κ3) is 3.28. The number of hydrogen-bond donors (Lipinski definition) is 1. The fourth-order valence-corrected chi connectivity index (χ4v) is 2.33. The Hall–Kier alpha value is -0.630. The first kappa shape index (κ1) is 14.8. The number of rotatable bonds is 3. The average Bonchev–Trinajstić information content (AvgIpc) is 2.38. The van der Waals surface area contributed by atoms with E-state index in [1.165, 1.54) is 0 Å². The predicted molar refractivity (Wildman–Crippen MR) is 83.7 cm³/mol. The standard InChI is InChI=1S/C12H9Cl2IN2O2/c1-19-5-9-10(15)12(18)17-11(16-9)7-4-6(13)2-3-8(7)14/h2-4H,5H2,1H3,(H,16,17,18). The number of methoxy groups -OCH3 is 1. The molecule has 0 aliphatic carbocycles. The van der Waals surface area contributed by atoms with Gasteiger partial charge in [-0.05, 0) is 40.8 Å². The first-order chi connectivity index (χ1) is 9.02. The van der Waals surface area contributed by atoms with E-state index in [9.17, 15) is 4.79 Å². The first-order valence-corrected chi connectivity index (χ1v) is 7.09. The second kappa shape index (κ2) is 6.21. The van der Waals surface area contributed by atoms with Crippen molar-refractivity contribution in [1.82, 2.24) is 9.97 Å². The zero-order chi connectivity index (χ0) is 14.0. The van der Waals surface area contributed by atoms with E-state index in [2.05, 4.69) is 9.97 Å². The summed E-state index contributed by atoms with van der Waals surface area (Å²) in [7, 11) is 1.55. The van der Waals surface area contributed by atoms with Crippen molar-refractivity contribution in [3.8, 4) is 11.4 Å². The summed E-state index contributed by atoms with van der Waals surface area (Å²) < 4.78 is 5.53. The molecule has 0 saturated carbocycles. The maximum atomic E-state index is 11.9. The zero-order valence-electron chi connectivity index (χ0n) is 9.84. The topological polar surface area (TPSA) is 55.0 Å². The number of aromatic amines is 1. The molecule has 1 aromatic heterocycles. The summed E-state index contributed by atoms with van der Waals surface area (Å²) in [6.45, 7) is 0.257. The molecule has 0 radical (unpaired) electrons. The Morgan fingerprint density at radius 1 is 1.42 bits per heavy atom. The van der Waals surface area contributed by atoms with Crippen molar-refractivity contribution in [2.45, 2.75) is 6.61 Å². The Labute approximate surface area is 133 Å². The minimum Gasteiger partial charge on any atom is -0.378 e. The van der Waals surface area contributed by atoms with Gasteiger partial charge in [-0.25, -0.2) is 4.98 Å². The number of nitrogens with one attached hydrogen (secondary N) is 1. The lowest BCUT2D eigenvalue weighted by molar-refractivity contribution is 0.180. The van der Waals surface area contributed by atoms with Crippen molar-refractivity contribution in [3.63, 3.8) is 0 Å². The molecule has 0 aliphatic rings. The van der Waals surface area contributed by atoms with Crippen molar-refractivity contribution in [1.29, 1.82) is 0 Å². The van der Waals surface area contributed by atoms with Crippen LogP contribution in [0.15, 0.2) is 23.0 Å². The molecule has 2 rings (SSSR count). The molecule has 1 aromatic carbocycles. The Morgan fingerprint density at radius 2 is 2.16 bits per heavy atom. The number of nitrogens with zero attached hydrogens (tertiary/aromatic N) is 1. The van der Waals surface area contributed by atoms with Gasteiger partial charge in [-0.2, -0.15) is 0 Å². The third-order valence-electron chi connectivity index (χ3n) is 2.40. The summed E-state index contributed by atoms with van der Waals surface area (Å²) in [5.74, 6) is 0.380. The lowest BCUT2D eigenvalue weighted by Gasteiger charge is -2.08. The van der Waals surface area contributed by atoms with Crippen LogP contribution in [-0.2, 0) is 11.3 Å². The highest BCUT2D eigenvalue weighted by atomic mass is 127. The van der Waals surface area contributed by atoms with Crippen LogP contribution in [0.1, 0.15) is 5.69 Å². The molecule has 0 aliphatic heterocycles. The fraction of sp³-hybridized carbons (Fsp3) is 0.167. The lowest BCUT2D eigenvalue weighted by Crippen LogP contribution is -2.16. The molecule has 19 heavy (non-hydrogen) atoms. The monoisotopic (exact) mass is 410 g/mol. The summed E-state index contributed by atoms with van der Waals surface area (Å²) in [5, 5.41) is 0.992. The van der Waals surface area contributed by atoms with Gasteiger partial charge in [-0.15, -0.1) is 0 Å². The zero-order valence-corrected chi connectivity index (χ0v) is 13.5. The number of H-pyrrole nitrogens is 1. The van der Waals surface area contributed by atoms with Crippen LogP contribution in [0.5, 0.6) is 0 Å². The van der Waals surface area contributed by atoms with Gasteiger partial charge in [0.2, 0.25) is 0 Å². The van der Waals surface area contributed by atoms with Gasteiger partial charge in [-0.1, -0.05) is 23.2 Å². The minimum absolute atomic E-state index is 0.228. The van der Waals surface area contributed by atoms with Crippen molar-refractivity contribution in [2.24, 2.45) is 0 Å². The fourth-order valence-electron chi connectivity index (χ4n) is 1.54. The molecule has 4 nitrogen and oxygen atoms in total. The summed E-state index contributed by atoms with van der Waals surface area (Å²) in [4.78, 5) is 18.9. The number of benzene rings is 1. The number of aromatic nitrogens is 2. The Kier molecular flexibility index (Phi) is 4.83. The van der Waals surface area contributed by atoms with Crippen LogP contribution in [0, 0.1) is 3.57 Å². The molecule has 100 valence electrons. The van der Waals surface area contributed by atoms with Crippen molar-refractivity contribution in [2.75, 3.05) is 7.11 Å². The quantitative estimate of drug-likeness (QED) is 0.788. The minimum atomic E-state index is -0.228. The maximum Gasteiger partial charge on any atom is 0.264 e. The smallest absolute Gasteiger partial charge is 0.264 e. The molecule has 0 fully saturated rings. The van der Waals surface area contributed by atoms with Gasteiger partial charge in [0.05, 0.1) is 17.3 Å². The summed E-state index contributed by atoms with van der Waals surface area (Å²) in [6, 6.07) is 4.99. The Morgan fingerprint density at radius 3 is 2.84 bits per heavy atom. The maximum absolute atomic E-state index is 11.9. The lowest BCUT2D eigenvalue weighted by atomic mass is 10.2. The molecule has 7 heteroatoms. The van der Waals surface area contributed by atoms with Crippen LogP contribution >= 0.6 is 45.8 Å². The van der Waals surface area contributed by atoms with Crippen molar-refractivity contribution in [3.05, 3.63) is 47.9 Å². The van der Waals surface area contributed by atoms with Gasteiger partial charge in [0.15, 0.2) is 0 Å². The average molecular weight is 411 g/mol. The Balaban J connectivity index is 2.62. The molecule has 0 atom stereocenters. The molecular weight excluding hydrogens is 402 g/mol. The van der Waals surface area contributed by atoms with Gasteiger partial charge in [0, 0.05) is 17.7 Å². The van der Waals surface area contributed by atoms with E-state index in [4.69, 9.17) is 27.9 Å². The molecule has 0 spiro atoms. The molecule has 0 amide bonds. The van der Waals surface area contributed by atoms with E-state index in [0.29, 0.717) is 30.7 Å². The second-order valence-electron chi connectivity index (χ2n) is 3.73. The van der Waals surface area contributed by atoms with Crippen LogP contribution in [0.2, 0.25) is 10.0 Å². The molecule has 0 bridgehead atoms. The summed E-state index contributed by atoms with van der Waals surface area (Å²) in [6.07, 6.45) is 0. The number of ether oxygens (including phenoxy) is 1. The molecule has 0 unspecified atom stereocenters. The summed E-state index contributed by atoms with van der Waals surface area (Å²) in [5.41, 5.74) is 0.923. The molecule has 1 N–H and O–H groups in total. The predicted octanol–water partition coefficient (Wildman–Crippen LogP) is 3.49. The van der Waals surface area contributed by atoms with E-state index in [0.717, 1.165) is 0 Å². The highest BCUT2D eigenvalue weighted by molar-refractivity contribution is 14.1. The van der Waals surface area contributed by atoms with Gasteiger partial charge in [-0.3, -0.25) is 4.79 Å². The van der Waals surface area contributed by atoms with Gasteiger partial charge < -0.3 is 9.72 Å². The SMILES string of the molecule is COCc1nc(-c2cc(Cl)ccc2Cl)[nH]c(=O)c1I. The van der Waals surface area contributed by atoms with Crippen molar-refractivity contribution >= 4 is 45.8 Å². The van der Waals surface area contributed by atoms with Crippen LogP contribution in [0.3, 0.4) is 0 Å². The second-order valence-corrected chi connectivity index (χ2v) is 5.65. The Bertz CT molecular complexity index is 673. The van der Waals surface area contributed by atoms with E-state index < -0.39 is 0 Å². The summed E-state index contributed by atoms with van der Waals surface area (Å²) >= 11 is 14.0. The van der Waals surface area contributed by atoms with Crippen molar-refractivity contribution < 1.29 is 4.74 Å². The normalized spacial score (nSPS) is 10.7. The van der Waals surface area contributed by atoms with Crippen LogP contribution in [0.25, 0.3) is 11.4 Å². The van der Waals surface area contributed by atoms with E-state index in [1.807, 2.05) is 22.6 Å². The molecule has 0 saturated heterocycles. The van der Waals surface area contributed by atoms with Gasteiger partial charge in [0.25, 0.3) is 5.56 Å². The highest BCUT2D eigenvalue weighted by Crippen LogP contribution is 2.28. The van der Waals surface area contributed by atoms with E-state index in [1.54, 1.807) is 25.3 Å². The van der Waals surface area contributed by atoms with Crippen LogP contribution < -0.4 is 5.56 Å². The molecule has 2 aromatic rings. The van der Waals surface area contributed by atoms with E-state index in [-0.39, 0.29) is 12.2 Å². The largest absolute Gasteiger partial charge is 0.378 e. The number of hydrogen-bond acceptors (Lipinski definition) is 3. The first-order valence-electron chi connectivity index (χ1n) is 5.26.